The number of anilines is 1. The van der Waals surface area contributed by atoms with Crippen molar-refractivity contribution >= 4 is 5.69 Å². The Kier molecular flexibility index (Phi) is 5.09. The van der Waals surface area contributed by atoms with Crippen LogP contribution in [-0.4, -0.2) is 18.3 Å². The number of hydrogen-bond acceptors (Lipinski definition) is 3. The highest BCUT2D eigenvalue weighted by molar-refractivity contribution is 5.53. The van der Waals surface area contributed by atoms with E-state index in [9.17, 15) is 5.11 Å². The van der Waals surface area contributed by atoms with Crippen molar-refractivity contribution in [2.24, 2.45) is 0 Å². The molecule has 0 amide bonds. The molecule has 0 aromatic heterocycles. The first kappa shape index (κ1) is 15.2. The lowest BCUT2D eigenvalue weighted by atomic mass is 10.1. The number of hydrogen-bond donors (Lipinski definition) is 2. The first-order valence-corrected chi connectivity index (χ1v) is 7.27. The van der Waals surface area contributed by atoms with Crippen molar-refractivity contribution in [3.05, 3.63) is 53.6 Å². The molecule has 1 unspecified atom stereocenters. The molecule has 21 heavy (non-hydrogen) atoms. The topological polar surface area (TPSA) is 41.5 Å². The average Bonchev–Trinajstić information content (AvgIpc) is 2.48. The number of ether oxygens (including phenoxy) is 1. The van der Waals surface area contributed by atoms with Crippen LogP contribution in [0.15, 0.2) is 42.5 Å². The van der Waals surface area contributed by atoms with Crippen LogP contribution in [-0.2, 0) is 6.42 Å². The lowest BCUT2D eigenvalue weighted by Gasteiger charge is -2.17. The molecule has 0 aliphatic heterocycles. The Hall–Kier alpha value is -2.16. The predicted molar refractivity (Wildman–Crippen MR) is 87.2 cm³/mol. The minimum atomic E-state index is 0.309. The highest BCUT2D eigenvalue weighted by atomic mass is 16.5. The number of nitrogens with one attached hydrogen (secondary N) is 1. The van der Waals surface area contributed by atoms with Gasteiger partial charge in [0, 0.05) is 11.7 Å². The Morgan fingerprint density at radius 2 is 1.86 bits per heavy atom. The van der Waals surface area contributed by atoms with E-state index >= 15 is 0 Å². The zero-order chi connectivity index (χ0) is 15.2. The van der Waals surface area contributed by atoms with Crippen LogP contribution < -0.4 is 10.1 Å². The molecule has 3 heteroatoms. The zero-order valence-electron chi connectivity index (χ0n) is 12.9. The highest BCUT2D eigenvalue weighted by Gasteiger charge is 2.05. The minimum absolute atomic E-state index is 0.309. The van der Waals surface area contributed by atoms with Crippen LogP contribution in [0.5, 0.6) is 11.5 Å². The number of rotatable bonds is 6. The Labute approximate surface area is 126 Å². The van der Waals surface area contributed by atoms with Gasteiger partial charge < -0.3 is 15.2 Å². The van der Waals surface area contributed by atoms with E-state index in [4.69, 9.17) is 4.74 Å². The SMILES string of the molecule is COc1ccc(CCC(C)Nc2ccc(O)cc2C)cc1. The molecule has 2 rings (SSSR count). The number of phenolic OH excluding ortho intramolecular Hbond substituents is 1. The van der Waals surface area contributed by atoms with Gasteiger partial charge >= 0.3 is 0 Å². The van der Waals surface area contributed by atoms with Crippen LogP contribution in [0.3, 0.4) is 0 Å². The number of methoxy groups -OCH3 is 1. The van der Waals surface area contributed by atoms with E-state index in [-0.39, 0.29) is 0 Å². The monoisotopic (exact) mass is 285 g/mol. The molecule has 1 atom stereocenters. The van der Waals surface area contributed by atoms with Gasteiger partial charge in [-0.2, -0.15) is 0 Å². The van der Waals surface area contributed by atoms with Crippen LogP contribution in [0.25, 0.3) is 0 Å². The fourth-order valence-corrected chi connectivity index (χ4v) is 2.32. The maximum atomic E-state index is 9.43. The number of aryl methyl sites for hydroxylation is 2. The molecule has 0 heterocycles. The summed E-state index contributed by atoms with van der Waals surface area (Å²) in [5.74, 6) is 1.20. The summed E-state index contributed by atoms with van der Waals surface area (Å²) < 4.78 is 5.16. The fraction of sp³-hybridized carbons (Fsp3) is 0.333. The smallest absolute Gasteiger partial charge is 0.118 e. The van der Waals surface area contributed by atoms with Gasteiger partial charge in [0.1, 0.15) is 11.5 Å². The van der Waals surface area contributed by atoms with Crippen LogP contribution in [0.2, 0.25) is 0 Å². The van der Waals surface area contributed by atoms with Crippen molar-refractivity contribution in [3.8, 4) is 11.5 Å². The third kappa shape index (κ3) is 4.42. The molecule has 0 aliphatic rings. The summed E-state index contributed by atoms with van der Waals surface area (Å²) in [7, 11) is 1.68. The van der Waals surface area contributed by atoms with Gasteiger partial charge in [0.15, 0.2) is 0 Å². The third-order valence-corrected chi connectivity index (χ3v) is 3.64. The van der Waals surface area contributed by atoms with E-state index in [2.05, 4.69) is 24.4 Å². The standard InChI is InChI=1S/C18H23NO2/c1-13-12-16(20)8-11-18(13)19-14(2)4-5-15-6-9-17(21-3)10-7-15/h6-12,14,19-20H,4-5H2,1-3H3. The molecule has 0 radical (unpaired) electrons. The molecule has 112 valence electrons. The Morgan fingerprint density at radius 1 is 1.14 bits per heavy atom. The Morgan fingerprint density at radius 3 is 2.48 bits per heavy atom. The van der Waals surface area contributed by atoms with Crippen molar-refractivity contribution in [1.29, 1.82) is 0 Å². The maximum absolute atomic E-state index is 9.43. The lowest BCUT2D eigenvalue weighted by Crippen LogP contribution is -2.16. The van der Waals surface area contributed by atoms with E-state index in [0.717, 1.165) is 29.8 Å². The summed E-state index contributed by atoms with van der Waals surface area (Å²) in [5.41, 5.74) is 3.45. The summed E-state index contributed by atoms with van der Waals surface area (Å²) in [6.45, 7) is 4.17. The number of phenols is 1. The summed E-state index contributed by atoms with van der Waals surface area (Å²) in [6.07, 6.45) is 2.07. The zero-order valence-corrected chi connectivity index (χ0v) is 12.9. The largest absolute Gasteiger partial charge is 0.508 e. The number of benzene rings is 2. The predicted octanol–water partition coefficient (Wildman–Crippen LogP) is 4.14. The second-order valence-corrected chi connectivity index (χ2v) is 5.43. The van der Waals surface area contributed by atoms with E-state index in [1.165, 1.54) is 5.56 Å². The normalized spacial score (nSPS) is 12.0. The van der Waals surface area contributed by atoms with Crippen molar-refractivity contribution < 1.29 is 9.84 Å². The summed E-state index contributed by atoms with van der Waals surface area (Å²) in [6, 6.07) is 14.0. The van der Waals surface area contributed by atoms with Gasteiger partial charge in [0.05, 0.1) is 7.11 Å². The van der Waals surface area contributed by atoms with E-state index in [1.54, 1.807) is 19.2 Å². The van der Waals surface area contributed by atoms with Crippen LogP contribution in [0.1, 0.15) is 24.5 Å². The highest BCUT2D eigenvalue weighted by Crippen LogP contribution is 2.21. The van der Waals surface area contributed by atoms with E-state index < -0.39 is 0 Å². The Bertz CT molecular complexity index is 578. The average molecular weight is 285 g/mol. The molecule has 0 fully saturated rings. The second kappa shape index (κ2) is 7.02. The minimum Gasteiger partial charge on any atom is -0.508 e. The van der Waals surface area contributed by atoms with Crippen molar-refractivity contribution in [1.82, 2.24) is 0 Å². The van der Waals surface area contributed by atoms with Gasteiger partial charge in [-0.25, -0.2) is 0 Å². The van der Waals surface area contributed by atoms with Crippen LogP contribution in [0.4, 0.5) is 5.69 Å². The first-order valence-electron chi connectivity index (χ1n) is 7.27. The molecule has 0 spiro atoms. The maximum Gasteiger partial charge on any atom is 0.118 e. The van der Waals surface area contributed by atoms with Gasteiger partial charge in [-0.3, -0.25) is 0 Å². The molecule has 2 aromatic rings. The van der Waals surface area contributed by atoms with Crippen molar-refractivity contribution in [2.45, 2.75) is 32.7 Å². The van der Waals surface area contributed by atoms with Crippen molar-refractivity contribution in [2.75, 3.05) is 12.4 Å². The van der Waals surface area contributed by atoms with Gasteiger partial charge in [-0.15, -0.1) is 0 Å². The molecule has 0 bridgehead atoms. The first-order chi connectivity index (χ1) is 10.1. The van der Waals surface area contributed by atoms with Gasteiger partial charge in [0.2, 0.25) is 0 Å². The lowest BCUT2D eigenvalue weighted by molar-refractivity contribution is 0.414. The second-order valence-electron chi connectivity index (χ2n) is 5.43. The van der Waals surface area contributed by atoms with Gasteiger partial charge in [-0.05, 0) is 68.1 Å². The summed E-state index contributed by atoms with van der Waals surface area (Å²) in [4.78, 5) is 0. The van der Waals surface area contributed by atoms with Crippen LogP contribution >= 0.6 is 0 Å². The third-order valence-electron chi connectivity index (χ3n) is 3.64. The quantitative estimate of drug-likeness (QED) is 0.784. The van der Waals surface area contributed by atoms with Crippen molar-refractivity contribution in [3.63, 3.8) is 0 Å². The molecule has 0 saturated heterocycles. The molecule has 0 saturated carbocycles. The molecule has 2 N–H and O–H groups in total. The fourth-order valence-electron chi connectivity index (χ4n) is 2.32. The van der Waals surface area contributed by atoms with Gasteiger partial charge in [0.25, 0.3) is 0 Å². The molecular weight excluding hydrogens is 262 g/mol. The Balaban J connectivity index is 1.87. The number of aromatic hydroxyl groups is 1. The molecular formula is C18H23NO2. The molecule has 0 aliphatic carbocycles. The summed E-state index contributed by atoms with van der Waals surface area (Å²) >= 11 is 0. The molecule has 2 aromatic carbocycles. The van der Waals surface area contributed by atoms with Gasteiger partial charge in [-0.1, -0.05) is 12.1 Å². The van der Waals surface area contributed by atoms with E-state index in [1.807, 2.05) is 25.1 Å². The van der Waals surface area contributed by atoms with Crippen LogP contribution in [0, 0.1) is 6.92 Å². The molecule has 3 nitrogen and oxygen atoms in total. The van der Waals surface area contributed by atoms with E-state index in [0.29, 0.717) is 11.8 Å². The summed E-state index contributed by atoms with van der Waals surface area (Å²) in [5, 5.41) is 12.9.